The van der Waals surface area contributed by atoms with Gasteiger partial charge < -0.3 is 4.74 Å². The minimum absolute atomic E-state index is 0.393. The number of ether oxygens (including phenoxy) is 1. The summed E-state index contributed by atoms with van der Waals surface area (Å²) in [6, 6.07) is 16.7. The Morgan fingerprint density at radius 1 is 1.19 bits per heavy atom. The van der Waals surface area contributed by atoms with E-state index in [9.17, 15) is 4.79 Å². The molecule has 0 radical (unpaired) electrons. The number of carbonyl (C=O) groups is 1. The molecule has 0 amide bonds. The topological polar surface area (TPSA) is 50.1 Å². The number of nitrogens with zero attached hydrogens (tertiary/aromatic N) is 1. The number of rotatable bonds is 5. The fourth-order valence-electron chi connectivity index (χ4n) is 1.95. The van der Waals surface area contributed by atoms with Crippen LogP contribution in [0.2, 0.25) is 0 Å². The van der Waals surface area contributed by atoms with Gasteiger partial charge in [0.15, 0.2) is 0 Å². The lowest BCUT2D eigenvalue weighted by molar-refractivity contribution is -0.133. The molecular formula is C17H15NO2S. The molecule has 2 aromatic carbocycles. The highest BCUT2D eigenvalue weighted by Gasteiger charge is 2.22. The highest BCUT2D eigenvalue weighted by molar-refractivity contribution is 8.04. The highest BCUT2D eigenvalue weighted by atomic mass is 32.2. The van der Waals surface area contributed by atoms with Gasteiger partial charge in [-0.3, -0.25) is 4.79 Å². The summed E-state index contributed by atoms with van der Waals surface area (Å²) in [5, 5.41) is 10.4. The summed E-state index contributed by atoms with van der Waals surface area (Å²) in [7, 11) is 0. The maximum absolute atomic E-state index is 12.2. The predicted molar refractivity (Wildman–Crippen MR) is 84.0 cm³/mol. The molecular weight excluding hydrogens is 282 g/mol. The molecule has 1 atom stereocenters. The third-order valence-electron chi connectivity index (χ3n) is 3.09. The van der Waals surface area contributed by atoms with Gasteiger partial charge in [-0.05, 0) is 48.4 Å². The maximum atomic E-state index is 12.2. The van der Waals surface area contributed by atoms with Gasteiger partial charge in [0, 0.05) is 0 Å². The van der Waals surface area contributed by atoms with Gasteiger partial charge in [-0.1, -0.05) is 42.5 Å². The first-order chi connectivity index (χ1) is 10.2. The van der Waals surface area contributed by atoms with Crippen molar-refractivity contribution in [2.45, 2.75) is 18.6 Å². The second-order valence-corrected chi connectivity index (χ2v) is 5.55. The van der Waals surface area contributed by atoms with Gasteiger partial charge in [-0.25, -0.2) is 0 Å². The summed E-state index contributed by atoms with van der Waals surface area (Å²) < 4.78 is 5.33. The van der Waals surface area contributed by atoms with Gasteiger partial charge >= 0.3 is 5.97 Å². The van der Waals surface area contributed by atoms with E-state index in [1.54, 1.807) is 24.3 Å². The normalized spacial score (nSPS) is 11.4. The molecule has 0 fully saturated rings. The molecule has 4 heteroatoms. The van der Waals surface area contributed by atoms with E-state index in [1.165, 1.54) is 0 Å². The van der Waals surface area contributed by atoms with E-state index >= 15 is 0 Å². The molecule has 2 aromatic rings. The first kappa shape index (κ1) is 15.1. The Labute approximate surface area is 128 Å². The molecule has 0 bridgehead atoms. The predicted octanol–water partition coefficient (Wildman–Crippen LogP) is 3.73. The van der Waals surface area contributed by atoms with Crippen molar-refractivity contribution >= 4 is 17.7 Å². The molecule has 0 spiro atoms. The minimum Gasteiger partial charge on any atom is -0.426 e. The van der Waals surface area contributed by atoms with Crippen molar-refractivity contribution in [3.8, 4) is 11.2 Å². The van der Waals surface area contributed by atoms with E-state index in [-0.39, 0.29) is 0 Å². The zero-order valence-corrected chi connectivity index (χ0v) is 12.5. The quantitative estimate of drug-likeness (QED) is 0.479. The van der Waals surface area contributed by atoms with Gasteiger partial charge in [0.2, 0.25) is 0 Å². The standard InChI is InChI=1S/C17H15NO2S/c1-13-7-5-6-8-14(13)11-16(21-12-18)17(19)20-15-9-3-2-4-10-15/h2-10,16H,11H2,1H3. The lowest BCUT2D eigenvalue weighted by atomic mass is 10.0. The first-order valence-electron chi connectivity index (χ1n) is 6.56. The van der Waals surface area contributed by atoms with Crippen LogP contribution in [0, 0.1) is 17.6 Å². The van der Waals surface area contributed by atoms with Crippen LogP contribution in [-0.4, -0.2) is 11.2 Å². The van der Waals surface area contributed by atoms with Gasteiger partial charge in [-0.2, -0.15) is 5.26 Å². The largest absolute Gasteiger partial charge is 0.426 e. The Morgan fingerprint density at radius 2 is 1.86 bits per heavy atom. The number of hydrogen-bond donors (Lipinski definition) is 0. The van der Waals surface area contributed by atoms with E-state index in [0.717, 1.165) is 22.9 Å². The summed E-state index contributed by atoms with van der Waals surface area (Å²) in [5.41, 5.74) is 2.16. The van der Waals surface area contributed by atoms with Crippen LogP contribution in [0.15, 0.2) is 54.6 Å². The monoisotopic (exact) mass is 297 g/mol. The van der Waals surface area contributed by atoms with Crippen LogP contribution in [0.5, 0.6) is 5.75 Å². The number of nitriles is 1. The summed E-state index contributed by atoms with van der Waals surface area (Å²) in [6.07, 6.45) is 0.483. The van der Waals surface area contributed by atoms with Crippen LogP contribution in [0.3, 0.4) is 0 Å². The van der Waals surface area contributed by atoms with E-state index in [1.807, 2.05) is 42.7 Å². The Kier molecular flexibility index (Phi) is 5.42. The van der Waals surface area contributed by atoms with Crippen molar-refractivity contribution in [3.05, 3.63) is 65.7 Å². The van der Waals surface area contributed by atoms with Crippen LogP contribution < -0.4 is 4.74 Å². The number of esters is 1. The fraction of sp³-hybridized carbons (Fsp3) is 0.176. The molecule has 21 heavy (non-hydrogen) atoms. The number of hydrogen-bond acceptors (Lipinski definition) is 4. The van der Waals surface area contributed by atoms with Crippen molar-refractivity contribution in [1.29, 1.82) is 5.26 Å². The van der Waals surface area contributed by atoms with E-state index in [4.69, 9.17) is 10.00 Å². The Morgan fingerprint density at radius 3 is 2.52 bits per heavy atom. The third kappa shape index (κ3) is 4.37. The molecule has 0 aliphatic heterocycles. The van der Waals surface area contributed by atoms with Crippen molar-refractivity contribution in [1.82, 2.24) is 0 Å². The van der Waals surface area contributed by atoms with Crippen molar-refractivity contribution in [2.24, 2.45) is 0 Å². The molecule has 1 unspecified atom stereocenters. The molecule has 0 N–H and O–H groups in total. The Balaban J connectivity index is 2.10. The molecule has 2 rings (SSSR count). The molecule has 0 aliphatic rings. The highest BCUT2D eigenvalue weighted by Crippen LogP contribution is 2.21. The van der Waals surface area contributed by atoms with Crippen LogP contribution in [-0.2, 0) is 11.2 Å². The number of para-hydroxylation sites is 1. The zero-order chi connectivity index (χ0) is 15.1. The second kappa shape index (κ2) is 7.51. The fourth-order valence-corrected chi connectivity index (χ4v) is 2.48. The Hall–Kier alpha value is -2.25. The smallest absolute Gasteiger partial charge is 0.325 e. The molecule has 0 aliphatic carbocycles. The number of carbonyl (C=O) groups excluding carboxylic acids is 1. The van der Waals surface area contributed by atoms with Gasteiger partial charge in [0.05, 0.1) is 0 Å². The van der Waals surface area contributed by atoms with Crippen molar-refractivity contribution in [3.63, 3.8) is 0 Å². The van der Waals surface area contributed by atoms with Gasteiger partial charge in [0.1, 0.15) is 16.4 Å². The Bertz CT molecular complexity index is 649. The molecule has 0 saturated carbocycles. The van der Waals surface area contributed by atoms with Crippen LogP contribution in [0.4, 0.5) is 0 Å². The lowest BCUT2D eigenvalue weighted by Gasteiger charge is -2.13. The SMILES string of the molecule is Cc1ccccc1CC(SC#N)C(=O)Oc1ccccc1. The third-order valence-corrected chi connectivity index (χ3v) is 3.84. The minimum atomic E-state index is -0.531. The molecule has 0 saturated heterocycles. The number of benzene rings is 2. The molecule has 0 aromatic heterocycles. The summed E-state index contributed by atoms with van der Waals surface area (Å²) in [6.45, 7) is 1.99. The molecule has 0 heterocycles. The summed E-state index contributed by atoms with van der Waals surface area (Å²) in [4.78, 5) is 12.2. The number of thiocyanates is 1. The van der Waals surface area contributed by atoms with Gasteiger partial charge in [0.25, 0.3) is 0 Å². The van der Waals surface area contributed by atoms with Crippen LogP contribution in [0.25, 0.3) is 0 Å². The second-order valence-electron chi connectivity index (χ2n) is 4.56. The zero-order valence-electron chi connectivity index (χ0n) is 11.7. The van der Waals surface area contributed by atoms with Crippen LogP contribution in [0.1, 0.15) is 11.1 Å². The molecule has 3 nitrogen and oxygen atoms in total. The average molecular weight is 297 g/mol. The van der Waals surface area contributed by atoms with Crippen molar-refractivity contribution < 1.29 is 9.53 Å². The van der Waals surface area contributed by atoms with E-state index in [0.29, 0.717) is 12.2 Å². The number of aryl methyl sites for hydroxylation is 1. The summed E-state index contributed by atoms with van der Waals surface area (Å²) in [5.74, 6) is 0.104. The first-order valence-corrected chi connectivity index (χ1v) is 7.44. The van der Waals surface area contributed by atoms with Crippen LogP contribution >= 0.6 is 11.8 Å². The number of thioether (sulfide) groups is 1. The molecule has 106 valence electrons. The van der Waals surface area contributed by atoms with E-state index < -0.39 is 11.2 Å². The van der Waals surface area contributed by atoms with Gasteiger partial charge in [-0.15, -0.1) is 0 Å². The average Bonchev–Trinajstić information content (AvgIpc) is 2.50. The van der Waals surface area contributed by atoms with E-state index in [2.05, 4.69) is 0 Å². The van der Waals surface area contributed by atoms with Crippen molar-refractivity contribution in [2.75, 3.05) is 0 Å². The lowest BCUT2D eigenvalue weighted by Crippen LogP contribution is -2.25. The summed E-state index contributed by atoms with van der Waals surface area (Å²) >= 11 is 0.938. The maximum Gasteiger partial charge on any atom is 0.325 e.